The van der Waals surface area contributed by atoms with Gasteiger partial charge in [-0.1, -0.05) is 6.07 Å². The van der Waals surface area contributed by atoms with E-state index in [9.17, 15) is 9.90 Å². The molecule has 0 aliphatic rings. The van der Waals surface area contributed by atoms with Crippen molar-refractivity contribution in [1.29, 1.82) is 0 Å². The van der Waals surface area contributed by atoms with Crippen molar-refractivity contribution in [3.63, 3.8) is 0 Å². The van der Waals surface area contributed by atoms with Crippen LogP contribution in [0.4, 0.5) is 0 Å². The van der Waals surface area contributed by atoms with Crippen molar-refractivity contribution < 1.29 is 19.4 Å². The van der Waals surface area contributed by atoms with E-state index in [2.05, 4.69) is 4.74 Å². The predicted molar refractivity (Wildman–Crippen MR) is 60.0 cm³/mol. The van der Waals surface area contributed by atoms with Crippen molar-refractivity contribution in [2.24, 2.45) is 0 Å². The number of carbonyl (C=O) groups excluding carboxylic acids is 1. The summed E-state index contributed by atoms with van der Waals surface area (Å²) < 4.78 is 9.82. The maximum Gasteiger partial charge on any atom is 0.337 e. The lowest BCUT2D eigenvalue weighted by molar-refractivity contribution is 0.0600. The molecule has 0 radical (unpaired) electrons. The number of methoxy groups -OCH3 is 1. The number of alkyl halides is 1. The van der Waals surface area contributed by atoms with Gasteiger partial charge in [0.25, 0.3) is 0 Å². The topological polar surface area (TPSA) is 55.8 Å². The summed E-state index contributed by atoms with van der Waals surface area (Å²) in [5, 5.41) is 9.20. The van der Waals surface area contributed by atoms with Crippen LogP contribution in [0, 0.1) is 0 Å². The van der Waals surface area contributed by atoms with Gasteiger partial charge >= 0.3 is 5.97 Å². The zero-order valence-electron chi connectivity index (χ0n) is 8.85. The van der Waals surface area contributed by atoms with E-state index in [0.717, 1.165) is 0 Å². The number of rotatable bonds is 5. The highest BCUT2D eigenvalue weighted by Gasteiger charge is 2.07. The zero-order chi connectivity index (χ0) is 12.0. The van der Waals surface area contributed by atoms with Gasteiger partial charge < -0.3 is 14.6 Å². The van der Waals surface area contributed by atoms with Gasteiger partial charge in [0.2, 0.25) is 0 Å². The molecule has 0 aliphatic heterocycles. The first kappa shape index (κ1) is 12.8. The molecule has 5 heteroatoms. The van der Waals surface area contributed by atoms with Gasteiger partial charge in [-0.15, -0.1) is 11.6 Å². The van der Waals surface area contributed by atoms with Gasteiger partial charge in [-0.25, -0.2) is 4.79 Å². The third-order valence-corrected chi connectivity index (χ3v) is 2.23. The number of benzene rings is 1. The highest BCUT2D eigenvalue weighted by molar-refractivity contribution is 6.18. The fourth-order valence-electron chi connectivity index (χ4n) is 1.07. The Balaban J connectivity index is 2.64. The molecule has 0 spiro atoms. The van der Waals surface area contributed by atoms with Crippen LogP contribution in [-0.4, -0.2) is 36.8 Å². The van der Waals surface area contributed by atoms with Crippen molar-refractivity contribution >= 4 is 17.6 Å². The van der Waals surface area contributed by atoms with E-state index in [1.54, 1.807) is 24.3 Å². The quantitative estimate of drug-likeness (QED) is 0.629. The summed E-state index contributed by atoms with van der Waals surface area (Å²) in [4.78, 5) is 11.2. The minimum atomic E-state index is -0.719. The summed E-state index contributed by atoms with van der Waals surface area (Å²) in [5.41, 5.74) is 0.403. The summed E-state index contributed by atoms with van der Waals surface area (Å²) in [6.07, 6.45) is -0.719. The van der Waals surface area contributed by atoms with Gasteiger partial charge in [0.15, 0.2) is 0 Å². The first-order valence-electron chi connectivity index (χ1n) is 4.72. The Morgan fingerprint density at radius 1 is 1.56 bits per heavy atom. The number of aliphatic hydroxyl groups is 1. The normalized spacial score (nSPS) is 11.9. The van der Waals surface area contributed by atoms with Crippen LogP contribution in [0.2, 0.25) is 0 Å². The van der Waals surface area contributed by atoms with Gasteiger partial charge in [0.05, 0.1) is 18.6 Å². The molecule has 0 fully saturated rings. The van der Waals surface area contributed by atoms with Crippen molar-refractivity contribution in [2.45, 2.75) is 6.10 Å². The van der Waals surface area contributed by atoms with Crippen LogP contribution in [0.25, 0.3) is 0 Å². The van der Waals surface area contributed by atoms with Crippen LogP contribution >= 0.6 is 11.6 Å². The van der Waals surface area contributed by atoms with E-state index in [0.29, 0.717) is 11.3 Å². The summed E-state index contributed by atoms with van der Waals surface area (Å²) in [6.45, 7) is 0.0914. The van der Waals surface area contributed by atoms with Crippen molar-refractivity contribution in [3.8, 4) is 5.75 Å². The molecule has 88 valence electrons. The number of esters is 1. The van der Waals surface area contributed by atoms with Crippen LogP contribution in [0.1, 0.15) is 10.4 Å². The number of ether oxygens (including phenoxy) is 2. The summed E-state index contributed by atoms with van der Waals surface area (Å²) in [5.74, 6) is 0.173. The van der Waals surface area contributed by atoms with Crippen molar-refractivity contribution in [2.75, 3.05) is 19.6 Å². The molecule has 0 aromatic heterocycles. The van der Waals surface area contributed by atoms with Crippen LogP contribution in [0.3, 0.4) is 0 Å². The predicted octanol–water partition coefficient (Wildman–Crippen LogP) is 1.45. The van der Waals surface area contributed by atoms with E-state index >= 15 is 0 Å². The van der Waals surface area contributed by atoms with E-state index in [-0.39, 0.29) is 12.5 Å². The van der Waals surface area contributed by atoms with E-state index in [4.69, 9.17) is 16.3 Å². The van der Waals surface area contributed by atoms with Crippen LogP contribution in [0.5, 0.6) is 5.75 Å². The largest absolute Gasteiger partial charge is 0.491 e. The number of carbonyl (C=O) groups is 1. The first-order chi connectivity index (χ1) is 7.67. The standard InChI is InChI=1S/C11H13ClO4/c1-15-11(14)8-3-2-4-10(5-8)16-7-9(13)6-12/h2-5,9,13H,6-7H2,1H3. The van der Waals surface area contributed by atoms with Crippen LogP contribution < -0.4 is 4.74 Å². The van der Waals surface area contributed by atoms with Crippen LogP contribution in [0.15, 0.2) is 24.3 Å². The molecule has 0 heterocycles. The third-order valence-electron chi connectivity index (χ3n) is 1.88. The molecule has 4 nitrogen and oxygen atoms in total. The number of halogens is 1. The number of hydrogen-bond acceptors (Lipinski definition) is 4. The van der Waals surface area contributed by atoms with Gasteiger partial charge in [0, 0.05) is 0 Å². The molecule has 1 aromatic carbocycles. The Morgan fingerprint density at radius 3 is 2.94 bits per heavy atom. The second kappa shape index (κ2) is 6.35. The molecule has 1 atom stereocenters. The highest BCUT2D eigenvalue weighted by Crippen LogP contribution is 2.14. The Hall–Kier alpha value is -1.26. The molecule has 0 aliphatic carbocycles. The molecule has 16 heavy (non-hydrogen) atoms. The fourth-order valence-corrected chi connectivity index (χ4v) is 1.16. The van der Waals surface area contributed by atoms with Gasteiger partial charge in [-0.3, -0.25) is 0 Å². The maximum absolute atomic E-state index is 11.2. The zero-order valence-corrected chi connectivity index (χ0v) is 9.61. The summed E-state index contributed by atoms with van der Waals surface area (Å²) in [6, 6.07) is 6.53. The first-order valence-corrected chi connectivity index (χ1v) is 5.26. The monoisotopic (exact) mass is 244 g/mol. The Labute approximate surface area is 98.7 Å². The van der Waals surface area contributed by atoms with Gasteiger partial charge in [-0.2, -0.15) is 0 Å². The minimum Gasteiger partial charge on any atom is -0.491 e. The van der Waals surface area contributed by atoms with Gasteiger partial charge in [-0.05, 0) is 18.2 Å². The number of hydrogen-bond donors (Lipinski definition) is 1. The third kappa shape index (κ3) is 3.72. The van der Waals surface area contributed by atoms with E-state index < -0.39 is 12.1 Å². The summed E-state index contributed by atoms with van der Waals surface area (Å²) >= 11 is 5.42. The average Bonchev–Trinajstić information content (AvgIpc) is 2.35. The molecule has 0 saturated heterocycles. The van der Waals surface area contributed by atoms with E-state index in [1.807, 2.05) is 0 Å². The Bertz CT molecular complexity index is 354. The van der Waals surface area contributed by atoms with Crippen molar-refractivity contribution in [1.82, 2.24) is 0 Å². The molecule has 0 saturated carbocycles. The highest BCUT2D eigenvalue weighted by atomic mass is 35.5. The molecule has 1 N–H and O–H groups in total. The molecule has 1 aromatic rings. The lowest BCUT2D eigenvalue weighted by Gasteiger charge is -2.10. The number of aliphatic hydroxyl groups excluding tert-OH is 1. The van der Waals surface area contributed by atoms with Crippen LogP contribution in [-0.2, 0) is 4.74 Å². The summed E-state index contributed by atoms with van der Waals surface area (Å²) in [7, 11) is 1.31. The minimum absolute atomic E-state index is 0.0914. The second-order valence-electron chi connectivity index (χ2n) is 3.14. The smallest absolute Gasteiger partial charge is 0.337 e. The molecular weight excluding hydrogens is 232 g/mol. The fraction of sp³-hybridized carbons (Fsp3) is 0.364. The SMILES string of the molecule is COC(=O)c1cccc(OCC(O)CCl)c1. The molecule has 1 unspecified atom stereocenters. The second-order valence-corrected chi connectivity index (χ2v) is 3.45. The maximum atomic E-state index is 11.2. The lowest BCUT2D eigenvalue weighted by atomic mass is 10.2. The molecule has 0 bridgehead atoms. The van der Waals surface area contributed by atoms with E-state index in [1.165, 1.54) is 7.11 Å². The average molecular weight is 245 g/mol. The Kier molecular flexibility index (Phi) is 5.08. The lowest BCUT2D eigenvalue weighted by Crippen LogP contribution is -2.18. The molecule has 1 rings (SSSR count). The molecular formula is C11H13ClO4. The molecule has 0 amide bonds. The van der Waals surface area contributed by atoms with Crippen molar-refractivity contribution in [3.05, 3.63) is 29.8 Å². The Morgan fingerprint density at radius 2 is 2.31 bits per heavy atom. The van der Waals surface area contributed by atoms with Gasteiger partial charge in [0.1, 0.15) is 18.5 Å².